The van der Waals surface area contributed by atoms with Crippen molar-refractivity contribution in [3.8, 4) is 0 Å². The molecular formula is C26H36O. The minimum Gasteiger partial charge on any atom is -0.381 e. The van der Waals surface area contributed by atoms with Gasteiger partial charge in [0.25, 0.3) is 0 Å². The Morgan fingerprint density at radius 3 is 1.37 bits per heavy atom. The van der Waals surface area contributed by atoms with Crippen molar-refractivity contribution < 1.29 is 4.74 Å². The van der Waals surface area contributed by atoms with Crippen molar-refractivity contribution in [2.75, 3.05) is 13.2 Å². The fourth-order valence-electron chi connectivity index (χ4n) is 2.47. The summed E-state index contributed by atoms with van der Waals surface area (Å²) in [4.78, 5) is 0. The predicted octanol–water partition coefficient (Wildman–Crippen LogP) is 7.80. The molecule has 1 nitrogen and oxygen atoms in total. The predicted molar refractivity (Wildman–Crippen MR) is 121 cm³/mol. The van der Waals surface area contributed by atoms with E-state index in [1.54, 1.807) is 0 Å². The van der Waals surface area contributed by atoms with E-state index in [9.17, 15) is 0 Å². The van der Waals surface area contributed by atoms with Gasteiger partial charge in [0.05, 0.1) is 0 Å². The fourth-order valence-corrected chi connectivity index (χ4v) is 2.47. The van der Waals surface area contributed by atoms with Gasteiger partial charge >= 0.3 is 0 Å². The number of unbranched alkanes of at least 4 members (excludes halogenated alkanes) is 4. The number of ether oxygens (including phenoxy) is 1. The van der Waals surface area contributed by atoms with Crippen molar-refractivity contribution in [1.82, 2.24) is 0 Å². The molecule has 0 aliphatic heterocycles. The molecule has 0 bridgehead atoms. The number of allylic oxidation sites excluding steroid dienone is 2. The van der Waals surface area contributed by atoms with Crippen LogP contribution in [0.3, 0.4) is 0 Å². The van der Waals surface area contributed by atoms with Crippen LogP contribution in [-0.2, 0) is 4.74 Å². The van der Waals surface area contributed by atoms with Gasteiger partial charge in [-0.05, 0) is 24.0 Å². The maximum Gasteiger partial charge on any atom is 0.0466 e. The molecule has 2 aromatic rings. The molecule has 0 N–H and O–H groups in total. The van der Waals surface area contributed by atoms with Crippen LogP contribution < -0.4 is 0 Å². The lowest BCUT2D eigenvalue weighted by molar-refractivity contribution is 0.126. The Hall–Kier alpha value is -2.12. The second-order valence-corrected chi connectivity index (χ2v) is 6.57. The van der Waals surface area contributed by atoms with Crippen LogP contribution in [0.5, 0.6) is 0 Å². The van der Waals surface area contributed by atoms with Gasteiger partial charge in [-0.1, -0.05) is 124 Å². The van der Waals surface area contributed by atoms with Crippen molar-refractivity contribution in [2.24, 2.45) is 0 Å². The molecule has 0 aliphatic rings. The highest BCUT2D eigenvalue weighted by atomic mass is 16.5. The van der Waals surface area contributed by atoms with E-state index in [2.05, 4.69) is 62.4 Å². The smallest absolute Gasteiger partial charge is 0.0466 e. The zero-order valence-electron chi connectivity index (χ0n) is 17.1. The monoisotopic (exact) mass is 364 g/mol. The summed E-state index contributed by atoms with van der Waals surface area (Å²) in [5.41, 5.74) is 2.44. The Kier molecular flexibility index (Phi) is 14.7. The number of benzene rings is 2. The van der Waals surface area contributed by atoms with Gasteiger partial charge in [0.1, 0.15) is 0 Å². The fraction of sp³-hybridized carbons (Fsp3) is 0.385. The Labute approximate surface area is 166 Å². The van der Waals surface area contributed by atoms with Gasteiger partial charge < -0.3 is 4.74 Å². The molecular weight excluding hydrogens is 328 g/mol. The van der Waals surface area contributed by atoms with Gasteiger partial charge in [-0.15, -0.1) is 0 Å². The van der Waals surface area contributed by atoms with E-state index in [0.717, 1.165) is 13.2 Å². The third-order valence-corrected chi connectivity index (χ3v) is 4.07. The summed E-state index contributed by atoms with van der Waals surface area (Å²) in [7, 11) is 0. The summed E-state index contributed by atoms with van der Waals surface area (Å²) in [5.74, 6) is 0. The zero-order valence-corrected chi connectivity index (χ0v) is 17.1. The number of rotatable bonds is 11. The third kappa shape index (κ3) is 13.7. The molecule has 0 heterocycles. The zero-order chi connectivity index (χ0) is 19.4. The SMILES string of the molecule is C(/C=C/c1ccccc1)=C\c1ccccc1.CCCCCOCCCCC. The van der Waals surface area contributed by atoms with Crippen LogP contribution in [0, 0.1) is 0 Å². The summed E-state index contributed by atoms with van der Waals surface area (Å²) in [6, 6.07) is 20.6. The van der Waals surface area contributed by atoms with Gasteiger partial charge in [0.15, 0.2) is 0 Å². The minimum absolute atomic E-state index is 0.970. The average Bonchev–Trinajstić information content (AvgIpc) is 2.73. The third-order valence-electron chi connectivity index (χ3n) is 4.07. The van der Waals surface area contributed by atoms with E-state index < -0.39 is 0 Å². The molecule has 0 spiro atoms. The van der Waals surface area contributed by atoms with Gasteiger partial charge in [-0.25, -0.2) is 0 Å². The molecule has 0 amide bonds. The van der Waals surface area contributed by atoms with Crippen LogP contribution in [0.4, 0.5) is 0 Å². The first-order chi connectivity index (χ1) is 13.4. The molecule has 146 valence electrons. The Bertz CT molecular complexity index is 543. The Morgan fingerprint density at radius 2 is 1.00 bits per heavy atom. The van der Waals surface area contributed by atoms with Crippen molar-refractivity contribution in [2.45, 2.75) is 52.4 Å². The van der Waals surface area contributed by atoms with E-state index >= 15 is 0 Å². The van der Waals surface area contributed by atoms with Crippen LogP contribution in [-0.4, -0.2) is 13.2 Å². The second-order valence-electron chi connectivity index (χ2n) is 6.57. The van der Waals surface area contributed by atoms with Gasteiger partial charge in [0.2, 0.25) is 0 Å². The lowest BCUT2D eigenvalue weighted by atomic mass is 10.2. The molecule has 0 saturated carbocycles. The molecule has 0 aliphatic carbocycles. The quantitative estimate of drug-likeness (QED) is 0.292. The lowest BCUT2D eigenvalue weighted by Crippen LogP contribution is -1.96. The molecule has 0 atom stereocenters. The van der Waals surface area contributed by atoms with E-state index in [1.807, 2.05) is 36.4 Å². The molecule has 0 aromatic heterocycles. The molecule has 27 heavy (non-hydrogen) atoms. The van der Waals surface area contributed by atoms with Crippen LogP contribution in [0.25, 0.3) is 12.2 Å². The van der Waals surface area contributed by atoms with Crippen molar-refractivity contribution in [3.05, 3.63) is 83.9 Å². The summed E-state index contributed by atoms with van der Waals surface area (Å²) in [5, 5.41) is 0. The average molecular weight is 365 g/mol. The minimum atomic E-state index is 0.970. The second kappa shape index (κ2) is 17.3. The van der Waals surface area contributed by atoms with E-state index in [1.165, 1.54) is 49.7 Å². The van der Waals surface area contributed by atoms with Gasteiger partial charge in [0, 0.05) is 13.2 Å². The first-order valence-corrected chi connectivity index (χ1v) is 10.4. The van der Waals surface area contributed by atoms with Crippen molar-refractivity contribution in [3.63, 3.8) is 0 Å². The van der Waals surface area contributed by atoms with Crippen molar-refractivity contribution in [1.29, 1.82) is 0 Å². The first kappa shape index (κ1) is 22.9. The Balaban J connectivity index is 0.000000293. The highest BCUT2D eigenvalue weighted by Crippen LogP contribution is 2.04. The number of hydrogen-bond acceptors (Lipinski definition) is 1. The van der Waals surface area contributed by atoms with Gasteiger partial charge in [-0.3, -0.25) is 0 Å². The lowest BCUT2D eigenvalue weighted by Gasteiger charge is -2.01. The van der Waals surface area contributed by atoms with E-state index in [-0.39, 0.29) is 0 Å². The van der Waals surface area contributed by atoms with Gasteiger partial charge in [-0.2, -0.15) is 0 Å². The highest BCUT2D eigenvalue weighted by molar-refractivity contribution is 5.56. The van der Waals surface area contributed by atoms with Crippen LogP contribution >= 0.6 is 0 Å². The summed E-state index contributed by atoms with van der Waals surface area (Å²) in [6.07, 6.45) is 16.0. The maximum atomic E-state index is 5.44. The van der Waals surface area contributed by atoms with Crippen LogP contribution in [0.2, 0.25) is 0 Å². The summed E-state index contributed by atoms with van der Waals surface area (Å²) >= 11 is 0. The Morgan fingerprint density at radius 1 is 0.593 bits per heavy atom. The first-order valence-electron chi connectivity index (χ1n) is 10.4. The molecule has 0 radical (unpaired) electrons. The summed E-state index contributed by atoms with van der Waals surface area (Å²) < 4.78 is 5.44. The molecule has 0 saturated heterocycles. The topological polar surface area (TPSA) is 9.23 Å². The van der Waals surface area contributed by atoms with Crippen LogP contribution in [0.15, 0.2) is 72.8 Å². The molecule has 1 heteroatoms. The van der Waals surface area contributed by atoms with E-state index in [4.69, 9.17) is 4.74 Å². The molecule has 0 unspecified atom stereocenters. The van der Waals surface area contributed by atoms with Crippen LogP contribution in [0.1, 0.15) is 63.5 Å². The molecule has 2 aromatic carbocycles. The largest absolute Gasteiger partial charge is 0.381 e. The molecule has 2 rings (SSSR count). The highest BCUT2D eigenvalue weighted by Gasteiger charge is 1.88. The van der Waals surface area contributed by atoms with Crippen molar-refractivity contribution >= 4 is 12.2 Å². The normalized spacial score (nSPS) is 10.9. The van der Waals surface area contributed by atoms with E-state index in [0.29, 0.717) is 0 Å². The summed E-state index contributed by atoms with van der Waals surface area (Å²) in [6.45, 7) is 6.38. The number of hydrogen-bond donors (Lipinski definition) is 0. The molecule has 0 fully saturated rings. The maximum absolute atomic E-state index is 5.44. The standard InChI is InChI=1S/C16H14.C10H22O/c1-3-9-15(10-4-1)13-7-8-14-16-11-5-2-6-12-16;1-3-5-7-9-11-10-8-6-4-2/h1-14H;3-10H2,1-2H3/b13-7+,14-8+;.